The van der Waals surface area contributed by atoms with Gasteiger partial charge in [0.05, 0.1) is 12.8 Å². The van der Waals surface area contributed by atoms with E-state index in [4.69, 9.17) is 9.47 Å². The van der Waals surface area contributed by atoms with Crippen LogP contribution in [-0.2, 0) is 14.3 Å². The molecule has 1 aliphatic rings. The predicted octanol–water partition coefficient (Wildman–Crippen LogP) is 3.54. The molecule has 1 unspecified atom stereocenters. The van der Waals surface area contributed by atoms with E-state index in [1.807, 2.05) is 6.07 Å². The summed E-state index contributed by atoms with van der Waals surface area (Å²) in [7, 11) is 1.54. The number of hydrogen-bond donors (Lipinski definition) is 1. The number of nitrogens with one attached hydrogen (secondary N) is 1. The largest absolute Gasteiger partial charge is 0.495 e. The Morgan fingerprint density at radius 3 is 2.65 bits per heavy atom. The number of methoxy groups -OCH3 is 1. The second-order valence-corrected chi connectivity index (χ2v) is 6.01. The molecule has 2 rings (SSSR count). The lowest BCUT2D eigenvalue weighted by Crippen LogP contribution is -2.30. The number of benzene rings is 1. The number of amides is 1. The third-order valence-electron chi connectivity index (χ3n) is 4.27. The molecule has 1 aromatic rings. The number of hydrogen-bond acceptors (Lipinski definition) is 4. The Labute approximate surface area is 137 Å². The van der Waals surface area contributed by atoms with Gasteiger partial charge < -0.3 is 14.8 Å². The van der Waals surface area contributed by atoms with Gasteiger partial charge in [0.1, 0.15) is 5.75 Å². The number of anilines is 1. The average molecular weight is 319 g/mol. The maximum absolute atomic E-state index is 12.1. The Kier molecular flexibility index (Phi) is 6.44. The molecule has 0 radical (unpaired) electrons. The Morgan fingerprint density at radius 1 is 1.26 bits per heavy atom. The molecule has 0 aromatic heterocycles. The van der Waals surface area contributed by atoms with Crippen LogP contribution in [-0.4, -0.2) is 25.1 Å². The molecule has 1 atom stereocenters. The molecule has 1 aromatic carbocycles. The zero-order valence-electron chi connectivity index (χ0n) is 13.8. The van der Waals surface area contributed by atoms with E-state index in [-0.39, 0.29) is 11.9 Å². The highest BCUT2D eigenvalue weighted by Gasteiger charge is 2.21. The lowest BCUT2D eigenvalue weighted by atomic mass is 10.0. The van der Waals surface area contributed by atoms with Crippen molar-refractivity contribution >= 4 is 17.6 Å². The number of ether oxygens (including phenoxy) is 2. The third kappa shape index (κ3) is 5.27. The molecule has 5 heteroatoms. The van der Waals surface area contributed by atoms with Gasteiger partial charge in [-0.1, -0.05) is 37.8 Å². The zero-order valence-corrected chi connectivity index (χ0v) is 13.8. The molecule has 0 spiro atoms. The van der Waals surface area contributed by atoms with Gasteiger partial charge in [-0.15, -0.1) is 0 Å². The molecule has 5 nitrogen and oxygen atoms in total. The molecule has 126 valence electrons. The lowest BCUT2D eigenvalue weighted by molar-refractivity contribution is -0.153. The summed E-state index contributed by atoms with van der Waals surface area (Å²) < 4.78 is 10.4. The highest BCUT2D eigenvalue weighted by molar-refractivity contribution is 5.96. The van der Waals surface area contributed by atoms with Gasteiger partial charge >= 0.3 is 5.97 Å². The summed E-state index contributed by atoms with van der Waals surface area (Å²) in [6.07, 6.45) is 5.36. The van der Waals surface area contributed by atoms with Crippen LogP contribution in [0.15, 0.2) is 24.3 Å². The highest BCUT2D eigenvalue weighted by Crippen LogP contribution is 2.28. The van der Waals surface area contributed by atoms with Crippen LogP contribution in [0.5, 0.6) is 5.75 Å². The van der Waals surface area contributed by atoms with E-state index in [1.165, 1.54) is 32.8 Å². The first-order valence-corrected chi connectivity index (χ1v) is 8.23. The van der Waals surface area contributed by atoms with Crippen molar-refractivity contribution in [3.63, 3.8) is 0 Å². The van der Waals surface area contributed by atoms with Gasteiger partial charge in [0.25, 0.3) is 5.91 Å². The van der Waals surface area contributed by atoms with Gasteiger partial charge in [-0.3, -0.25) is 9.59 Å². The summed E-state index contributed by atoms with van der Waals surface area (Å²) in [5, 5.41) is 2.72. The first kappa shape index (κ1) is 17.3. The molecular weight excluding hydrogens is 294 g/mol. The van der Waals surface area contributed by atoms with Crippen LogP contribution in [0.2, 0.25) is 0 Å². The molecule has 1 fully saturated rings. The maximum Gasteiger partial charge on any atom is 0.306 e. The van der Waals surface area contributed by atoms with Crippen molar-refractivity contribution in [1.82, 2.24) is 0 Å². The Morgan fingerprint density at radius 2 is 1.96 bits per heavy atom. The first-order chi connectivity index (χ1) is 11.1. The van der Waals surface area contributed by atoms with Crippen molar-refractivity contribution in [2.75, 3.05) is 12.4 Å². The standard InChI is InChI=1S/C18H25NO4/c1-13(23-17(20)12-11-14-7-3-4-8-14)18(21)19-15-9-5-6-10-16(15)22-2/h5-6,9-10,13-14H,3-4,7-8,11-12H2,1-2H3,(H,19,21). The van der Waals surface area contributed by atoms with Gasteiger partial charge in [-0.05, 0) is 31.4 Å². The second-order valence-electron chi connectivity index (χ2n) is 6.01. The second kappa shape index (κ2) is 8.56. The monoisotopic (exact) mass is 319 g/mol. The van der Waals surface area contributed by atoms with Crippen LogP contribution in [0.25, 0.3) is 0 Å². The molecule has 1 saturated carbocycles. The summed E-state index contributed by atoms with van der Waals surface area (Å²) in [4.78, 5) is 24.0. The molecule has 1 N–H and O–H groups in total. The van der Waals surface area contributed by atoms with E-state index in [0.717, 1.165) is 6.42 Å². The molecule has 23 heavy (non-hydrogen) atoms. The van der Waals surface area contributed by atoms with E-state index in [0.29, 0.717) is 23.8 Å². The van der Waals surface area contributed by atoms with E-state index in [1.54, 1.807) is 25.1 Å². The van der Waals surface area contributed by atoms with Crippen LogP contribution in [0.3, 0.4) is 0 Å². The number of esters is 1. The topological polar surface area (TPSA) is 64.6 Å². The van der Waals surface area contributed by atoms with Crippen LogP contribution in [0.1, 0.15) is 45.4 Å². The van der Waals surface area contributed by atoms with Crippen molar-refractivity contribution in [3.05, 3.63) is 24.3 Å². The van der Waals surface area contributed by atoms with Crippen molar-refractivity contribution in [2.24, 2.45) is 5.92 Å². The SMILES string of the molecule is COc1ccccc1NC(=O)C(C)OC(=O)CCC1CCCC1. The predicted molar refractivity (Wildman–Crippen MR) is 88.4 cm³/mol. The summed E-state index contributed by atoms with van der Waals surface area (Å²) in [5.74, 6) is 0.546. The van der Waals surface area contributed by atoms with Crippen molar-refractivity contribution in [1.29, 1.82) is 0 Å². The molecule has 0 aliphatic heterocycles. The van der Waals surface area contributed by atoms with Crippen LogP contribution < -0.4 is 10.1 Å². The minimum absolute atomic E-state index is 0.306. The van der Waals surface area contributed by atoms with E-state index in [9.17, 15) is 9.59 Å². The van der Waals surface area contributed by atoms with Crippen LogP contribution in [0.4, 0.5) is 5.69 Å². The molecule has 1 amide bonds. The Bertz CT molecular complexity index is 538. The third-order valence-corrected chi connectivity index (χ3v) is 4.27. The van der Waals surface area contributed by atoms with Crippen molar-refractivity contribution < 1.29 is 19.1 Å². The molecule has 0 saturated heterocycles. The Hall–Kier alpha value is -2.04. The van der Waals surface area contributed by atoms with E-state index >= 15 is 0 Å². The van der Waals surface area contributed by atoms with Crippen LogP contribution >= 0.6 is 0 Å². The fraction of sp³-hybridized carbons (Fsp3) is 0.556. The highest BCUT2D eigenvalue weighted by atomic mass is 16.5. The maximum atomic E-state index is 12.1. The van der Waals surface area contributed by atoms with Crippen LogP contribution in [0, 0.1) is 5.92 Å². The van der Waals surface area contributed by atoms with Gasteiger partial charge in [-0.2, -0.15) is 0 Å². The van der Waals surface area contributed by atoms with E-state index in [2.05, 4.69) is 5.32 Å². The van der Waals surface area contributed by atoms with Crippen molar-refractivity contribution in [3.8, 4) is 5.75 Å². The quantitative estimate of drug-likeness (QED) is 0.781. The summed E-state index contributed by atoms with van der Waals surface area (Å²) in [6.45, 7) is 1.58. The number of carbonyl (C=O) groups is 2. The average Bonchev–Trinajstić information content (AvgIpc) is 3.06. The summed E-state index contributed by atoms with van der Waals surface area (Å²) >= 11 is 0. The van der Waals surface area contributed by atoms with Gasteiger partial charge in [-0.25, -0.2) is 0 Å². The number of rotatable bonds is 7. The number of carbonyl (C=O) groups excluding carboxylic acids is 2. The normalized spacial score (nSPS) is 15.9. The summed E-state index contributed by atoms with van der Waals surface area (Å²) in [5.41, 5.74) is 0.564. The first-order valence-electron chi connectivity index (χ1n) is 8.23. The summed E-state index contributed by atoms with van der Waals surface area (Å²) in [6, 6.07) is 7.12. The fourth-order valence-electron chi connectivity index (χ4n) is 2.91. The minimum atomic E-state index is -0.823. The minimum Gasteiger partial charge on any atom is -0.495 e. The van der Waals surface area contributed by atoms with Gasteiger partial charge in [0.15, 0.2) is 6.10 Å². The Balaban J connectivity index is 1.78. The zero-order chi connectivity index (χ0) is 16.7. The lowest BCUT2D eigenvalue weighted by Gasteiger charge is -2.15. The molecule has 0 bridgehead atoms. The van der Waals surface area contributed by atoms with E-state index < -0.39 is 6.10 Å². The molecule has 0 heterocycles. The molecular formula is C18H25NO4. The van der Waals surface area contributed by atoms with Gasteiger partial charge in [0, 0.05) is 6.42 Å². The van der Waals surface area contributed by atoms with Gasteiger partial charge in [0.2, 0.25) is 0 Å². The van der Waals surface area contributed by atoms with Crippen molar-refractivity contribution in [2.45, 2.75) is 51.6 Å². The fourth-order valence-corrected chi connectivity index (χ4v) is 2.91. The smallest absolute Gasteiger partial charge is 0.306 e. The number of para-hydroxylation sites is 2. The molecule has 1 aliphatic carbocycles.